The molecule has 5 nitrogen and oxygen atoms in total. The van der Waals surface area contributed by atoms with E-state index in [4.69, 9.17) is 4.42 Å². The van der Waals surface area contributed by atoms with Crippen LogP contribution >= 0.6 is 15.9 Å². The van der Waals surface area contributed by atoms with E-state index in [0.29, 0.717) is 22.4 Å². The van der Waals surface area contributed by atoms with Crippen molar-refractivity contribution < 1.29 is 9.21 Å². The number of anilines is 1. The van der Waals surface area contributed by atoms with Crippen LogP contribution < -0.4 is 11.1 Å². The Labute approximate surface area is 121 Å². The average Bonchev–Trinajstić information content (AvgIpc) is 2.80. The fraction of sp³-hybridized carbons (Fsp3) is 0. The largest absolute Gasteiger partial charge is 0.417 e. The van der Waals surface area contributed by atoms with Crippen LogP contribution in [0.25, 0.3) is 11.1 Å². The molecule has 2 N–H and O–H groups in total. The first-order valence-corrected chi connectivity index (χ1v) is 6.61. The number of fused-ring (bicyclic) bond motifs is 1. The van der Waals surface area contributed by atoms with Crippen LogP contribution in [0.3, 0.4) is 0 Å². The number of amides is 1. The molecule has 0 radical (unpaired) electrons. The van der Waals surface area contributed by atoms with E-state index in [1.165, 1.54) is 0 Å². The van der Waals surface area contributed by atoms with Crippen LogP contribution in [-0.2, 0) is 0 Å². The lowest BCUT2D eigenvalue weighted by Gasteiger charge is -2.06. The number of oxazole rings is 1. The minimum absolute atomic E-state index is 0.263. The maximum Gasteiger partial charge on any atom is 0.417 e. The van der Waals surface area contributed by atoms with Crippen molar-refractivity contribution in [2.75, 3.05) is 5.32 Å². The predicted molar refractivity (Wildman–Crippen MR) is 78.9 cm³/mol. The maximum absolute atomic E-state index is 12.2. The highest BCUT2D eigenvalue weighted by atomic mass is 79.9. The molecular weight excluding hydrogens is 324 g/mol. The van der Waals surface area contributed by atoms with Gasteiger partial charge in [0.25, 0.3) is 5.91 Å². The number of aromatic amines is 1. The predicted octanol–water partition coefficient (Wildman–Crippen LogP) is 3.14. The Morgan fingerprint density at radius 2 is 2.00 bits per heavy atom. The van der Waals surface area contributed by atoms with Crippen LogP contribution in [0, 0.1) is 0 Å². The van der Waals surface area contributed by atoms with Gasteiger partial charge in [0, 0.05) is 10.0 Å². The first kappa shape index (κ1) is 12.7. The van der Waals surface area contributed by atoms with Gasteiger partial charge in [-0.1, -0.05) is 28.1 Å². The molecule has 3 aromatic rings. The third-order valence-corrected chi connectivity index (χ3v) is 3.28. The molecule has 0 spiro atoms. The van der Waals surface area contributed by atoms with Crippen molar-refractivity contribution in [1.82, 2.24) is 4.98 Å². The van der Waals surface area contributed by atoms with Gasteiger partial charge in [-0.05, 0) is 30.3 Å². The highest BCUT2D eigenvalue weighted by Gasteiger charge is 2.11. The highest BCUT2D eigenvalue weighted by molar-refractivity contribution is 9.10. The van der Waals surface area contributed by atoms with Gasteiger partial charge < -0.3 is 9.73 Å². The van der Waals surface area contributed by atoms with Crippen LogP contribution in [-0.4, -0.2) is 10.9 Å². The molecular formula is C14H9BrN2O3. The molecule has 2 aromatic carbocycles. The number of carbonyl (C=O) groups excluding carboxylic acids is 1. The van der Waals surface area contributed by atoms with Crippen LogP contribution in [0.15, 0.2) is 56.1 Å². The Morgan fingerprint density at radius 1 is 1.20 bits per heavy atom. The van der Waals surface area contributed by atoms with Crippen molar-refractivity contribution in [3.05, 3.63) is 63.1 Å². The number of benzene rings is 2. The van der Waals surface area contributed by atoms with Gasteiger partial charge in [0.15, 0.2) is 5.58 Å². The summed E-state index contributed by atoms with van der Waals surface area (Å²) in [5.41, 5.74) is 1.89. The molecule has 0 unspecified atom stereocenters. The normalized spacial score (nSPS) is 10.7. The summed E-state index contributed by atoms with van der Waals surface area (Å²) in [6.45, 7) is 0. The minimum atomic E-state index is -0.552. The molecule has 6 heteroatoms. The molecule has 0 bridgehead atoms. The van der Waals surface area contributed by atoms with E-state index < -0.39 is 5.76 Å². The summed E-state index contributed by atoms with van der Waals surface area (Å²) >= 11 is 3.32. The van der Waals surface area contributed by atoms with Gasteiger partial charge in [0.05, 0.1) is 5.69 Å². The van der Waals surface area contributed by atoms with Crippen molar-refractivity contribution in [1.29, 1.82) is 0 Å². The Hall–Kier alpha value is -2.34. The molecule has 3 rings (SSSR count). The number of hydrogen-bond donors (Lipinski definition) is 2. The third-order valence-electron chi connectivity index (χ3n) is 2.79. The smallest absolute Gasteiger partial charge is 0.408 e. The van der Waals surface area contributed by atoms with Crippen LogP contribution in [0.1, 0.15) is 10.4 Å². The first-order chi connectivity index (χ1) is 9.63. The summed E-state index contributed by atoms with van der Waals surface area (Å²) in [5.74, 6) is -0.815. The van der Waals surface area contributed by atoms with E-state index in [2.05, 4.69) is 26.2 Å². The van der Waals surface area contributed by atoms with E-state index in [0.717, 1.165) is 4.47 Å². The van der Waals surface area contributed by atoms with Gasteiger partial charge >= 0.3 is 5.76 Å². The standard InChI is InChI=1S/C14H9BrN2O3/c15-9-4-1-3-8(7-9)13(18)16-10-5-2-6-11-12(10)17-14(19)20-11/h1-7H,(H,16,18)(H,17,19). The van der Waals surface area contributed by atoms with Gasteiger partial charge in [-0.25, -0.2) is 4.79 Å². The average molecular weight is 333 g/mol. The molecule has 0 saturated carbocycles. The van der Waals surface area contributed by atoms with Gasteiger partial charge in [-0.2, -0.15) is 0 Å². The lowest BCUT2D eigenvalue weighted by atomic mass is 10.2. The molecule has 0 fully saturated rings. The fourth-order valence-electron chi connectivity index (χ4n) is 1.90. The number of rotatable bonds is 2. The number of nitrogens with one attached hydrogen (secondary N) is 2. The van der Waals surface area contributed by atoms with Gasteiger partial charge in [0.2, 0.25) is 0 Å². The molecule has 100 valence electrons. The number of aromatic nitrogens is 1. The van der Waals surface area contributed by atoms with Crippen LogP contribution in [0.4, 0.5) is 5.69 Å². The topological polar surface area (TPSA) is 75.1 Å². The Kier molecular flexibility index (Phi) is 3.15. The van der Waals surface area contributed by atoms with Crippen molar-refractivity contribution >= 4 is 38.6 Å². The van der Waals surface area contributed by atoms with E-state index >= 15 is 0 Å². The number of halogens is 1. The van der Waals surface area contributed by atoms with Crippen molar-refractivity contribution in [2.45, 2.75) is 0 Å². The van der Waals surface area contributed by atoms with Crippen molar-refractivity contribution in [2.24, 2.45) is 0 Å². The molecule has 20 heavy (non-hydrogen) atoms. The minimum Gasteiger partial charge on any atom is -0.408 e. The summed E-state index contributed by atoms with van der Waals surface area (Å²) in [6.07, 6.45) is 0. The summed E-state index contributed by atoms with van der Waals surface area (Å²) in [6, 6.07) is 12.1. The maximum atomic E-state index is 12.2. The van der Waals surface area contributed by atoms with Gasteiger partial charge in [0.1, 0.15) is 5.52 Å². The number of carbonyl (C=O) groups is 1. The lowest BCUT2D eigenvalue weighted by molar-refractivity contribution is 0.102. The summed E-state index contributed by atoms with van der Waals surface area (Å²) in [4.78, 5) is 25.9. The molecule has 0 aliphatic heterocycles. The monoisotopic (exact) mass is 332 g/mol. The lowest BCUT2D eigenvalue weighted by Crippen LogP contribution is -2.12. The molecule has 0 aliphatic rings. The quantitative estimate of drug-likeness (QED) is 0.757. The van der Waals surface area contributed by atoms with Gasteiger partial charge in [-0.15, -0.1) is 0 Å². The molecule has 0 atom stereocenters. The summed E-state index contributed by atoms with van der Waals surface area (Å²) in [5, 5.41) is 2.75. The second kappa shape index (κ2) is 4.97. The zero-order valence-corrected chi connectivity index (χ0v) is 11.7. The zero-order chi connectivity index (χ0) is 14.1. The Balaban J connectivity index is 1.97. The Bertz CT molecular complexity index is 851. The van der Waals surface area contributed by atoms with Crippen molar-refractivity contribution in [3.63, 3.8) is 0 Å². The fourth-order valence-corrected chi connectivity index (χ4v) is 2.30. The molecule has 0 saturated heterocycles. The summed E-state index contributed by atoms with van der Waals surface area (Å²) < 4.78 is 5.76. The molecule has 0 aliphatic carbocycles. The number of para-hydroxylation sites is 1. The van der Waals surface area contributed by atoms with Crippen molar-refractivity contribution in [3.8, 4) is 0 Å². The summed E-state index contributed by atoms with van der Waals surface area (Å²) in [7, 11) is 0. The SMILES string of the molecule is O=C(Nc1cccc2oc(=O)[nH]c12)c1cccc(Br)c1. The third kappa shape index (κ3) is 2.37. The number of H-pyrrole nitrogens is 1. The second-order valence-corrected chi connectivity index (χ2v) is 5.07. The van der Waals surface area contributed by atoms with Crippen LogP contribution in [0.2, 0.25) is 0 Å². The second-order valence-electron chi connectivity index (χ2n) is 4.16. The molecule has 1 heterocycles. The van der Waals surface area contributed by atoms with E-state index in [1.807, 2.05) is 6.07 Å². The first-order valence-electron chi connectivity index (χ1n) is 5.82. The zero-order valence-electron chi connectivity index (χ0n) is 10.1. The van der Waals surface area contributed by atoms with E-state index in [9.17, 15) is 9.59 Å². The highest BCUT2D eigenvalue weighted by Crippen LogP contribution is 2.21. The molecule has 1 aromatic heterocycles. The van der Waals surface area contributed by atoms with E-state index in [1.54, 1.807) is 36.4 Å². The van der Waals surface area contributed by atoms with Gasteiger partial charge in [-0.3, -0.25) is 9.78 Å². The van der Waals surface area contributed by atoms with Crippen LogP contribution in [0.5, 0.6) is 0 Å². The Morgan fingerprint density at radius 3 is 2.80 bits per heavy atom. The van der Waals surface area contributed by atoms with E-state index in [-0.39, 0.29) is 5.91 Å². The number of hydrogen-bond acceptors (Lipinski definition) is 3. The molecule has 1 amide bonds.